The Kier molecular flexibility index (Phi) is 2.63. The standard InChI is InChI=1S/C11H14N4O2S2/c16-11(15-4-8-3-7(15)5-19(8)17)13-10-12-9(14-18-10)6-1-2-6/h6-8H,1-5H2,(H,12,13,14,16)/t7-,8-,19?/m0/s1. The van der Waals surface area contributed by atoms with E-state index >= 15 is 0 Å². The number of anilines is 1. The largest absolute Gasteiger partial charge is 0.324 e. The molecular formula is C11H14N4O2S2. The Bertz CT molecular complexity index is 557. The van der Waals surface area contributed by atoms with Crippen LogP contribution in [-0.2, 0) is 10.8 Å². The molecule has 8 heteroatoms. The molecule has 6 nitrogen and oxygen atoms in total. The van der Waals surface area contributed by atoms with E-state index in [2.05, 4.69) is 14.7 Å². The van der Waals surface area contributed by atoms with Gasteiger partial charge in [0.1, 0.15) is 5.82 Å². The monoisotopic (exact) mass is 298 g/mol. The fraction of sp³-hybridized carbons (Fsp3) is 0.727. The Morgan fingerprint density at radius 3 is 2.95 bits per heavy atom. The summed E-state index contributed by atoms with van der Waals surface area (Å²) >= 11 is 1.25. The molecule has 1 aromatic rings. The predicted molar refractivity (Wildman–Crippen MR) is 72.8 cm³/mol. The summed E-state index contributed by atoms with van der Waals surface area (Å²) < 4.78 is 15.8. The van der Waals surface area contributed by atoms with E-state index in [1.54, 1.807) is 4.90 Å². The van der Waals surface area contributed by atoms with Crippen LogP contribution in [-0.4, -0.2) is 48.1 Å². The molecule has 2 bridgehead atoms. The number of nitrogens with zero attached hydrogens (tertiary/aromatic N) is 3. The van der Waals surface area contributed by atoms with Crippen molar-refractivity contribution < 1.29 is 9.00 Å². The Labute approximate surface area is 117 Å². The maximum absolute atomic E-state index is 12.2. The zero-order valence-electron chi connectivity index (χ0n) is 10.2. The van der Waals surface area contributed by atoms with Gasteiger partial charge in [-0.3, -0.25) is 9.53 Å². The topological polar surface area (TPSA) is 75.2 Å². The highest BCUT2D eigenvalue weighted by Gasteiger charge is 2.45. The number of rotatable bonds is 2. The maximum Gasteiger partial charge on any atom is 0.324 e. The lowest BCUT2D eigenvalue weighted by Gasteiger charge is -2.26. The smallest absolute Gasteiger partial charge is 0.319 e. The SMILES string of the molecule is O=C(Nc1nc(C2CC2)ns1)N1C[C@@H]2C[C@H]1CS2=O. The van der Waals surface area contributed by atoms with Crippen molar-refractivity contribution in [1.29, 1.82) is 0 Å². The first-order chi connectivity index (χ1) is 9.20. The van der Waals surface area contributed by atoms with Gasteiger partial charge in [-0.1, -0.05) is 0 Å². The lowest BCUT2D eigenvalue weighted by Crippen LogP contribution is -2.44. The third kappa shape index (κ3) is 2.06. The number of carbonyl (C=O) groups excluding carboxylic acids is 1. The van der Waals surface area contributed by atoms with Crippen LogP contribution in [0.3, 0.4) is 0 Å². The zero-order valence-corrected chi connectivity index (χ0v) is 11.9. The average Bonchev–Trinajstić information content (AvgIpc) is 2.83. The second kappa shape index (κ2) is 4.24. The zero-order chi connectivity index (χ0) is 13.0. The molecule has 19 heavy (non-hydrogen) atoms. The number of hydrogen-bond acceptors (Lipinski definition) is 5. The van der Waals surface area contributed by atoms with Crippen LogP contribution in [0.1, 0.15) is 31.0 Å². The molecule has 0 spiro atoms. The van der Waals surface area contributed by atoms with Crippen molar-refractivity contribution in [2.75, 3.05) is 17.6 Å². The van der Waals surface area contributed by atoms with Crippen LogP contribution in [0, 0.1) is 0 Å². The van der Waals surface area contributed by atoms with Crippen molar-refractivity contribution in [3.63, 3.8) is 0 Å². The van der Waals surface area contributed by atoms with E-state index in [0.717, 1.165) is 25.1 Å². The first-order valence-electron chi connectivity index (χ1n) is 6.49. The molecule has 2 aliphatic heterocycles. The second-order valence-electron chi connectivity index (χ2n) is 5.37. The van der Waals surface area contributed by atoms with Crippen molar-refractivity contribution in [3.05, 3.63) is 5.82 Å². The van der Waals surface area contributed by atoms with Crippen LogP contribution in [0.15, 0.2) is 0 Å². The number of likely N-dealkylation sites (tertiary alicyclic amines) is 1. The summed E-state index contributed by atoms with van der Waals surface area (Å²) in [6.45, 7) is 0.609. The summed E-state index contributed by atoms with van der Waals surface area (Å²) in [5.41, 5.74) is 0. The van der Waals surface area contributed by atoms with Crippen molar-refractivity contribution >= 4 is 33.5 Å². The molecule has 1 saturated carbocycles. The van der Waals surface area contributed by atoms with E-state index in [1.165, 1.54) is 11.5 Å². The molecule has 3 aliphatic rings. The van der Waals surface area contributed by atoms with E-state index in [-0.39, 0.29) is 17.3 Å². The Balaban J connectivity index is 1.42. The number of urea groups is 1. The number of aromatic nitrogens is 2. The molecule has 1 aromatic heterocycles. The summed E-state index contributed by atoms with van der Waals surface area (Å²) in [5, 5.41) is 3.57. The van der Waals surface area contributed by atoms with Gasteiger partial charge in [0.05, 0.1) is 5.25 Å². The molecule has 3 atom stereocenters. The first-order valence-corrected chi connectivity index (χ1v) is 8.64. The summed E-state index contributed by atoms with van der Waals surface area (Å²) in [4.78, 5) is 18.3. The number of amides is 2. The van der Waals surface area contributed by atoms with Crippen molar-refractivity contribution in [2.24, 2.45) is 0 Å². The van der Waals surface area contributed by atoms with Gasteiger partial charge in [-0.2, -0.15) is 4.37 Å². The van der Waals surface area contributed by atoms with Gasteiger partial charge in [0.2, 0.25) is 5.13 Å². The maximum atomic E-state index is 12.2. The van der Waals surface area contributed by atoms with E-state index in [9.17, 15) is 9.00 Å². The Hall–Kier alpha value is -1.02. The van der Waals surface area contributed by atoms with Gasteiger partial charge in [-0.25, -0.2) is 9.78 Å². The highest BCUT2D eigenvalue weighted by atomic mass is 32.2. The van der Waals surface area contributed by atoms with Crippen LogP contribution in [0.2, 0.25) is 0 Å². The number of nitrogens with one attached hydrogen (secondary N) is 1. The molecule has 1 unspecified atom stereocenters. The molecule has 3 heterocycles. The van der Waals surface area contributed by atoms with Crippen LogP contribution in [0.4, 0.5) is 9.93 Å². The summed E-state index contributed by atoms with van der Waals surface area (Å²) in [5.74, 6) is 2.00. The second-order valence-corrected chi connectivity index (χ2v) is 7.89. The van der Waals surface area contributed by atoms with Gasteiger partial charge in [0, 0.05) is 46.6 Å². The third-order valence-corrected chi connectivity index (χ3v) is 6.41. The minimum absolute atomic E-state index is 0.123. The van der Waals surface area contributed by atoms with Crippen molar-refractivity contribution in [3.8, 4) is 0 Å². The van der Waals surface area contributed by atoms with Crippen LogP contribution in [0.25, 0.3) is 0 Å². The molecule has 0 aromatic carbocycles. The van der Waals surface area contributed by atoms with Crippen molar-refractivity contribution in [1.82, 2.24) is 14.3 Å². The van der Waals surface area contributed by atoms with Crippen LogP contribution < -0.4 is 5.32 Å². The normalized spacial score (nSPS) is 32.8. The van der Waals surface area contributed by atoms with Gasteiger partial charge in [0.15, 0.2) is 0 Å². The van der Waals surface area contributed by atoms with E-state index < -0.39 is 10.8 Å². The van der Waals surface area contributed by atoms with E-state index in [1.807, 2.05) is 0 Å². The quantitative estimate of drug-likeness (QED) is 0.889. The number of hydrogen-bond donors (Lipinski definition) is 1. The Morgan fingerprint density at radius 1 is 1.47 bits per heavy atom. The lowest BCUT2D eigenvalue weighted by atomic mass is 10.2. The molecule has 102 valence electrons. The van der Waals surface area contributed by atoms with Gasteiger partial charge < -0.3 is 4.90 Å². The highest BCUT2D eigenvalue weighted by molar-refractivity contribution is 7.86. The van der Waals surface area contributed by atoms with Crippen LogP contribution in [0.5, 0.6) is 0 Å². The Morgan fingerprint density at radius 2 is 2.32 bits per heavy atom. The third-order valence-electron chi connectivity index (χ3n) is 3.96. The van der Waals surface area contributed by atoms with E-state index in [0.29, 0.717) is 23.3 Å². The van der Waals surface area contributed by atoms with E-state index in [4.69, 9.17) is 0 Å². The predicted octanol–water partition coefficient (Wildman–Crippen LogP) is 1.15. The first kappa shape index (κ1) is 11.8. The molecule has 0 radical (unpaired) electrons. The van der Waals surface area contributed by atoms with Gasteiger partial charge in [-0.15, -0.1) is 0 Å². The number of fused-ring (bicyclic) bond motifs is 2. The lowest BCUT2D eigenvalue weighted by molar-refractivity contribution is 0.210. The summed E-state index contributed by atoms with van der Waals surface area (Å²) in [6, 6.07) is 0.0179. The minimum atomic E-state index is -0.735. The van der Waals surface area contributed by atoms with Gasteiger partial charge >= 0.3 is 6.03 Å². The molecule has 2 amide bonds. The molecule has 1 N–H and O–H groups in total. The number of carbonyl (C=O) groups is 1. The molecular weight excluding hydrogens is 284 g/mol. The molecule has 4 rings (SSSR count). The molecule has 3 fully saturated rings. The molecule has 2 saturated heterocycles. The highest BCUT2D eigenvalue weighted by Crippen LogP contribution is 2.39. The molecule has 1 aliphatic carbocycles. The fourth-order valence-electron chi connectivity index (χ4n) is 2.75. The van der Waals surface area contributed by atoms with Crippen molar-refractivity contribution in [2.45, 2.75) is 36.5 Å². The fourth-order valence-corrected chi connectivity index (χ4v) is 5.12. The minimum Gasteiger partial charge on any atom is -0.319 e. The van der Waals surface area contributed by atoms with Crippen LogP contribution >= 0.6 is 11.5 Å². The van der Waals surface area contributed by atoms with Gasteiger partial charge in [-0.05, 0) is 19.3 Å². The summed E-state index contributed by atoms with van der Waals surface area (Å²) in [7, 11) is -0.735. The average molecular weight is 298 g/mol. The van der Waals surface area contributed by atoms with Gasteiger partial charge in [0.25, 0.3) is 0 Å². The summed E-state index contributed by atoms with van der Waals surface area (Å²) in [6.07, 6.45) is 3.20.